The minimum absolute atomic E-state index is 0.00347. The molecule has 1 rings (SSSR count). The van der Waals surface area contributed by atoms with Crippen LogP contribution in [0.2, 0.25) is 0 Å². The average Bonchev–Trinajstić information content (AvgIpc) is 2.35. The molecule has 0 aliphatic carbocycles. The molecule has 1 unspecified atom stereocenters. The van der Waals surface area contributed by atoms with Crippen LogP contribution in [0.1, 0.15) is 25.3 Å². The predicted molar refractivity (Wildman–Crippen MR) is 68.7 cm³/mol. The summed E-state index contributed by atoms with van der Waals surface area (Å²) in [7, 11) is 1.53. The maximum atomic E-state index is 11.6. The first-order valence-electron chi connectivity index (χ1n) is 5.98. The van der Waals surface area contributed by atoms with E-state index in [0.29, 0.717) is 12.4 Å². The van der Waals surface area contributed by atoms with Crippen LogP contribution in [0.25, 0.3) is 0 Å². The first-order valence-corrected chi connectivity index (χ1v) is 5.98. The van der Waals surface area contributed by atoms with Crippen LogP contribution in [0, 0.1) is 5.92 Å². The van der Waals surface area contributed by atoms with Crippen LogP contribution in [0.15, 0.2) is 18.3 Å². The lowest BCUT2D eigenvalue weighted by Gasteiger charge is -2.09. The molecule has 0 saturated carbocycles. The topological polar surface area (TPSA) is 88.5 Å². The molecule has 0 aromatic carbocycles. The maximum Gasteiger partial charge on any atom is 0.303 e. The van der Waals surface area contributed by atoms with E-state index in [2.05, 4.69) is 10.3 Å². The van der Waals surface area contributed by atoms with Gasteiger partial charge in [0.25, 0.3) is 0 Å². The molecular weight excluding hydrogens is 248 g/mol. The zero-order valence-electron chi connectivity index (χ0n) is 11.0. The Morgan fingerprint density at radius 1 is 1.47 bits per heavy atom. The van der Waals surface area contributed by atoms with E-state index in [1.165, 1.54) is 7.11 Å². The zero-order valence-corrected chi connectivity index (χ0v) is 11.0. The van der Waals surface area contributed by atoms with Gasteiger partial charge in [-0.1, -0.05) is 6.92 Å². The summed E-state index contributed by atoms with van der Waals surface area (Å²) in [4.78, 5) is 26.1. The molecule has 1 amide bonds. The molecule has 19 heavy (non-hydrogen) atoms. The normalized spacial score (nSPS) is 11.7. The van der Waals surface area contributed by atoms with Crippen LogP contribution in [0.5, 0.6) is 5.88 Å². The Labute approximate surface area is 111 Å². The second kappa shape index (κ2) is 7.35. The Morgan fingerprint density at radius 2 is 2.21 bits per heavy atom. The number of hydrogen-bond acceptors (Lipinski definition) is 4. The molecule has 1 aromatic rings. The van der Waals surface area contributed by atoms with E-state index in [0.717, 1.165) is 5.56 Å². The van der Waals surface area contributed by atoms with Gasteiger partial charge in [0.1, 0.15) is 0 Å². The highest BCUT2D eigenvalue weighted by Crippen LogP contribution is 2.09. The van der Waals surface area contributed by atoms with Gasteiger partial charge in [-0.25, -0.2) is 4.98 Å². The summed E-state index contributed by atoms with van der Waals surface area (Å²) < 4.78 is 4.98. The smallest absolute Gasteiger partial charge is 0.303 e. The number of hydrogen-bond donors (Lipinski definition) is 2. The van der Waals surface area contributed by atoms with E-state index in [9.17, 15) is 9.59 Å². The van der Waals surface area contributed by atoms with Crippen molar-refractivity contribution in [3.8, 4) is 5.88 Å². The number of carboxylic acid groups (broad SMARTS) is 1. The number of ether oxygens (including phenoxy) is 1. The fourth-order valence-corrected chi connectivity index (χ4v) is 1.63. The Hall–Kier alpha value is -2.11. The number of nitrogens with one attached hydrogen (secondary N) is 1. The van der Waals surface area contributed by atoms with E-state index in [4.69, 9.17) is 9.84 Å². The number of amides is 1. The number of carbonyl (C=O) groups excluding carboxylic acids is 1. The summed E-state index contributed by atoms with van der Waals surface area (Å²) in [5.74, 6) is -0.737. The van der Waals surface area contributed by atoms with Crippen LogP contribution in [-0.2, 0) is 16.1 Å². The van der Waals surface area contributed by atoms with Gasteiger partial charge < -0.3 is 15.2 Å². The van der Waals surface area contributed by atoms with Crippen molar-refractivity contribution in [2.75, 3.05) is 7.11 Å². The highest BCUT2D eigenvalue weighted by molar-refractivity contribution is 5.77. The van der Waals surface area contributed by atoms with Gasteiger partial charge in [-0.05, 0) is 17.5 Å². The summed E-state index contributed by atoms with van der Waals surface area (Å²) in [6.07, 6.45) is 1.80. The first-order chi connectivity index (χ1) is 9.01. The van der Waals surface area contributed by atoms with Crippen molar-refractivity contribution in [2.45, 2.75) is 26.3 Å². The highest BCUT2D eigenvalue weighted by atomic mass is 16.5. The number of carbonyl (C=O) groups is 2. The van der Waals surface area contributed by atoms with E-state index >= 15 is 0 Å². The molecule has 0 saturated heterocycles. The van der Waals surface area contributed by atoms with Crippen LogP contribution in [0.3, 0.4) is 0 Å². The predicted octanol–water partition coefficient (Wildman–Crippen LogP) is 1.21. The van der Waals surface area contributed by atoms with Crippen LogP contribution in [0.4, 0.5) is 0 Å². The highest BCUT2D eigenvalue weighted by Gasteiger charge is 2.12. The average molecular weight is 266 g/mol. The van der Waals surface area contributed by atoms with Gasteiger partial charge in [0.2, 0.25) is 11.8 Å². The Balaban J connectivity index is 2.39. The van der Waals surface area contributed by atoms with E-state index in [1.54, 1.807) is 25.3 Å². The van der Waals surface area contributed by atoms with Crippen molar-refractivity contribution in [2.24, 2.45) is 5.92 Å². The molecule has 0 bridgehead atoms. The van der Waals surface area contributed by atoms with Gasteiger partial charge in [0.15, 0.2) is 0 Å². The van der Waals surface area contributed by atoms with E-state index in [1.807, 2.05) is 0 Å². The van der Waals surface area contributed by atoms with E-state index in [-0.39, 0.29) is 24.7 Å². The van der Waals surface area contributed by atoms with Crippen LogP contribution < -0.4 is 10.1 Å². The SMILES string of the molecule is COc1cc(CNC(=O)CC(C)CC(=O)O)ccn1. The largest absolute Gasteiger partial charge is 0.481 e. The van der Waals surface area contributed by atoms with Gasteiger partial charge >= 0.3 is 5.97 Å². The van der Waals surface area contributed by atoms with Crippen LogP contribution in [-0.4, -0.2) is 29.1 Å². The van der Waals surface area contributed by atoms with Gasteiger partial charge in [-0.2, -0.15) is 0 Å². The number of pyridine rings is 1. The number of nitrogens with zero attached hydrogens (tertiary/aromatic N) is 1. The summed E-state index contributed by atoms with van der Waals surface area (Å²) in [5, 5.41) is 11.3. The van der Waals surface area contributed by atoms with Crippen molar-refractivity contribution in [3.05, 3.63) is 23.9 Å². The van der Waals surface area contributed by atoms with Crippen molar-refractivity contribution in [3.63, 3.8) is 0 Å². The lowest BCUT2D eigenvalue weighted by molar-refractivity contribution is -0.138. The molecule has 2 N–H and O–H groups in total. The lowest BCUT2D eigenvalue weighted by Crippen LogP contribution is -2.25. The lowest BCUT2D eigenvalue weighted by atomic mass is 10.0. The summed E-state index contributed by atoms with van der Waals surface area (Å²) in [6, 6.07) is 3.52. The Morgan fingerprint density at radius 3 is 2.84 bits per heavy atom. The quantitative estimate of drug-likeness (QED) is 0.774. The first kappa shape index (κ1) is 14.9. The summed E-state index contributed by atoms with van der Waals surface area (Å²) in [6.45, 7) is 2.11. The molecule has 6 nitrogen and oxygen atoms in total. The number of carboxylic acids is 1. The Kier molecular flexibility index (Phi) is 5.78. The molecule has 1 aromatic heterocycles. The second-order valence-corrected chi connectivity index (χ2v) is 4.39. The summed E-state index contributed by atoms with van der Waals surface area (Å²) >= 11 is 0. The van der Waals surface area contributed by atoms with Crippen molar-refractivity contribution in [1.82, 2.24) is 10.3 Å². The zero-order chi connectivity index (χ0) is 14.3. The maximum absolute atomic E-state index is 11.6. The molecule has 0 fully saturated rings. The van der Waals surface area contributed by atoms with Gasteiger partial charge in [0, 0.05) is 31.6 Å². The molecule has 104 valence electrons. The number of aliphatic carboxylic acids is 1. The molecule has 6 heteroatoms. The molecule has 1 atom stereocenters. The van der Waals surface area contributed by atoms with Gasteiger partial charge in [-0.3, -0.25) is 9.59 Å². The number of aromatic nitrogens is 1. The molecule has 0 aliphatic rings. The van der Waals surface area contributed by atoms with Crippen molar-refractivity contribution < 1.29 is 19.4 Å². The molecular formula is C13H18N2O4. The van der Waals surface area contributed by atoms with Crippen LogP contribution >= 0.6 is 0 Å². The standard InChI is InChI=1S/C13H18N2O4/c1-9(6-13(17)18)5-11(16)15-8-10-3-4-14-12(7-10)19-2/h3-4,7,9H,5-6,8H2,1-2H3,(H,15,16)(H,17,18). The number of rotatable bonds is 7. The third-order valence-corrected chi connectivity index (χ3v) is 2.56. The van der Waals surface area contributed by atoms with Crippen molar-refractivity contribution >= 4 is 11.9 Å². The molecule has 0 spiro atoms. The van der Waals surface area contributed by atoms with Gasteiger partial charge in [-0.15, -0.1) is 0 Å². The minimum Gasteiger partial charge on any atom is -0.481 e. The third-order valence-electron chi connectivity index (χ3n) is 2.56. The minimum atomic E-state index is -0.890. The molecule has 0 aliphatic heterocycles. The fraction of sp³-hybridized carbons (Fsp3) is 0.462. The Bertz CT molecular complexity index is 448. The number of methoxy groups -OCH3 is 1. The monoisotopic (exact) mass is 266 g/mol. The summed E-state index contributed by atoms with van der Waals surface area (Å²) in [5.41, 5.74) is 0.881. The molecule has 1 heterocycles. The fourth-order valence-electron chi connectivity index (χ4n) is 1.63. The van der Waals surface area contributed by atoms with Gasteiger partial charge in [0.05, 0.1) is 7.11 Å². The molecule has 0 radical (unpaired) electrons. The van der Waals surface area contributed by atoms with Crippen molar-refractivity contribution in [1.29, 1.82) is 0 Å². The van der Waals surface area contributed by atoms with E-state index < -0.39 is 5.97 Å². The second-order valence-electron chi connectivity index (χ2n) is 4.39. The third kappa shape index (κ3) is 5.85.